The minimum absolute atomic E-state index is 0.316. The van der Waals surface area contributed by atoms with Crippen molar-refractivity contribution < 1.29 is 4.52 Å². The lowest BCUT2D eigenvalue weighted by Gasteiger charge is -1.94. The zero-order chi connectivity index (χ0) is 8.72. The van der Waals surface area contributed by atoms with Gasteiger partial charge in [0, 0.05) is 4.47 Å². The molecule has 2 rings (SSSR count). The Bertz CT molecular complexity index is 440. The number of rotatable bonds is 0. The van der Waals surface area contributed by atoms with Crippen molar-refractivity contribution in [1.82, 2.24) is 5.16 Å². The summed E-state index contributed by atoms with van der Waals surface area (Å²) in [6.45, 7) is 0. The summed E-state index contributed by atoms with van der Waals surface area (Å²) in [6.07, 6.45) is 0. The quantitative estimate of drug-likeness (QED) is 0.779. The van der Waals surface area contributed by atoms with Crippen LogP contribution in [0.3, 0.4) is 0 Å². The lowest BCUT2D eigenvalue weighted by atomic mass is 10.2. The normalized spacial score (nSPS) is 10.8. The van der Waals surface area contributed by atoms with Gasteiger partial charge in [-0.25, -0.2) is 0 Å². The van der Waals surface area contributed by atoms with E-state index in [2.05, 4.69) is 21.1 Å². The van der Waals surface area contributed by atoms with E-state index in [0.29, 0.717) is 21.8 Å². The summed E-state index contributed by atoms with van der Waals surface area (Å²) in [4.78, 5) is 0. The standard InChI is InChI=1S/C7H4BrClN2O/c8-3-1-2-4-5(6(3)9)7(10)11-12-4/h1-2H,(H2,10,11). The number of nitrogens with zero attached hydrogens (tertiary/aromatic N) is 1. The van der Waals surface area contributed by atoms with Gasteiger partial charge in [-0.3, -0.25) is 0 Å². The molecule has 3 nitrogen and oxygen atoms in total. The fraction of sp³-hybridized carbons (Fsp3) is 0. The van der Waals surface area contributed by atoms with Gasteiger partial charge >= 0.3 is 0 Å². The van der Waals surface area contributed by atoms with Crippen molar-refractivity contribution in [3.8, 4) is 0 Å². The summed E-state index contributed by atoms with van der Waals surface area (Å²) in [5.74, 6) is 0.316. The average molecular weight is 247 g/mol. The molecule has 0 fully saturated rings. The summed E-state index contributed by atoms with van der Waals surface area (Å²) in [6, 6.07) is 3.55. The number of hydrogen-bond donors (Lipinski definition) is 1. The van der Waals surface area contributed by atoms with Crippen LogP contribution in [0.4, 0.5) is 5.82 Å². The number of nitrogen functional groups attached to an aromatic ring is 1. The summed E-state index contributed by atoms with van der Waals surface area (Å²) < 4.78 is 5.69. The molecule has 0 spiro atoms. The Morgan fingerprint density at radius 1 is 1.50 bits per heavy atom. The Hall–Kier alpha value is -0.740. The van der Waals surface area contributed by atoms with Crippen molar-refractivity contribution in [2.24, 2.45) is 0 Å². The zero-order valence-corrected chi connectivity index (χ0v) is 8.19. The molecule has 12 heavy (non-hydrogen) atoms. The molecule has 0 aliphatic rings. The van der Waals surface area contributed by atoms with Gasteiger partial charge in [0.2, 0.25) is 0 Å². The number of halogens is 2. The monoisotopic (exact) mass is 246 g/mol. The third-order valence-electron chi connectivity index (χ3n) is 1.56. The topological polar surface area (TPSA) is 52.0 Å². The van der Waals surface area contributed by atoms with Crippen molar-refractivity contribution in [2.75, 3.05) is 5.73 Å². The van der Waals surface area contributed by atoms with Crippen molar-refractivity contribution in [3.63, 3.8) is 0 Å². The smallest absolute Gasteiger partial charge is 0.176 e. The largest absolute Gasteiger partial charge is 0.380 e. The molecule has 0 bridgehead atoms. The van der Waals surface area contributed by atoms with Gasteiger partial charge in [-0.2, -0.15) is 0 Å². The lowest BCUT2D eigenvalue weighted by molar-refractivity contribution is 0.460. The fourth-order valence-corrected chi connectivity index (χ4v) is 1.58. The van der Waals surface area contributed by atoms with E-state index in [1.54, 1.807) is 12.1 Å². The van der Waals surface area contributed by atoms with Crippen LogP contribution < -0.4 is 5.73 Å². The molecule has 62 valence electrons. The number of benzene rings is 1. The molecule has 2 N–H and O–H groups in total. The van der Waals surface area contributed by atoms with E-state index in [-0.39, 0.29) is 0 Å². The van der Waals surface area contributed by atoms with Crippen LogP contribution in [0.25, 0.3) is 11.0 Å². The van der Waals surface area contributed by atoms with Crippen LogP contribution in [0.15, 0.2) is 21.1 Å². The first-order chi connectivity index (χ1) is 5.70. The second-order valence-electron chi connectivity index (χ2n) is 2.30. The molecule has 5 heteroatoms. The van der Waals surface area contributed by atoms with Crippen LogP contribution in [-0.2, 0) is 0 Å². The van der Waals surface area contributed by atoms with Crippen LogP contribution in [0, 0.1) is 0 Å². The Morgan fingerprint density at radius 2 is 2.25 bits per heavy atom. The average Bonchev–Trinajstić information content (AvgIpc) is 2.41. The van der Waals surface area contributed by atoms with Crippen molar-refractivity contribution in [1.29, 1.82) is 0 Å². The first-order valence-corrected chi connectivity index (χ1v) is 4.36. The van der Waals surface area contributed by atoms with Gasteiger partial charge in [0.1, 0.15) is 0 Å². The van der Waals surface area contributed by atoms with E-state index < -0.39 is 0 Å². The highest BCUT2D eigenvalue weighted by atomic mass is 79.9. The molecule has 1 aromatic heterocycles. The molecule has 2 aromatic rings. The van der Waals surface area contributed by atoms with Crippen molar-refractivity contribution >= 4 is 44.3 Å². The van der Waals surface area contributed by atoms with Crippen LogP contribution in [0.5, 0.6) is 0 Å². The first kappa shape index (κ1) is 7.89. The molecule has 1 aromatic carbocycles. The van der Waals surface area contributed by atoms with Crippen LogP contribution >= 0.6 is 27.5 Å². The third kappa shape index (κ3) is 0.990. The molecular formula is C7H4BrClN2O. The lowest BCUT2D eigenvalue weighted by Crippen LogP contribution is -1.84. The minimum Gasteiger partial charge on any atom is -0.380 e. The van der Waals surface area contributed by atoms with Gasteiger partial charge in [-0.05, 0) is 28.1 Å². The third-order valence-corrected chi connectivity index (χ3v) is 2.84. The number of anilines is 1. The zero-order valence-electron chi connectivity index (χ0n) is 5.84. The van der Waals surface area contributed by atoms with E-state index >= 15 is 0 Å². The summed E-state index contributed by atoms with van der Waals surface area (Å²) in [5, 5.41) is 4.79. The van der Waals surface area contributed by atoms with Gasteiger partial charge in [0.05, 0.1) is 10.4 Å². The second kappa shape index (κ2) is 2.64. The fourth-order valence-electron chi connectivity index (χ4n) is 0.992. The minimum atomic E-state index is 0.316. The predicted octanol–water partition coefficient (Wildman–Crippen LogP) is 2.83. The maximum Gasteiger partial charge on any atom is 0.176 e. The summed E-state index contributed by atoms with van der Waals surface area (Å²) in [5.41, 5.74) is 6.13. The molecule has 0 unspecified atom stereocenters. The predicted molar refractivity (Wildman–Crippen MR) is 51.1 cm³/mol. The van der Waals surface area contributed by atoms with Crippen LogP contribution in [-0.4, -0.2) is 5.16 Å². The highest BCUT2D eigenvalue weighted by Gasteiger charge is 2.10. The Labute approximate surface area is 81.6 Å². The van der Waals surface area contributed by atoms with E-state index in [1.165, 1.54) is 0 Å². The first-order valence-electron chi connectivity index (χ1n) is 3.19. The number of nitrogens with two attached hydrogens (primary N) is 1. The van der Waals surface area contributed by atoms with Crippen LogP contribution in [0.2, 0.25) is 5.02 Å². The van der Waals surface area contributed by atoms with Gasteiger partial charge in [0.25, 0.3) is 0 Å². The molecule has 0 atom stereocenters. The van der Waals surface area contributed by atoms with Crippen molar-refractivity contribution in [2.45, 2.75) is 0 Å². The number of aromatic nitrogens is 1. The molecule has 0 aliphatic heterocycles. The second-order valence-corrected chi connectivity index (χ2v) is 3.53. The Morgan fingerprint density at radius 3 is 3.00 bits per heavy atom. The van der Waals surface area contributed by atoms with E-state index in [4.69, 9.17) is 21.9 Å². The summed E-state index contributed by atoms with van der Waals surface area (Å²) >= 11 is 9.22. The highest BCUT2D eigenvalue weighted by Crippen LogP contribution is 2.34. The summed E-state index contributed by atoms with van der Waals surface area (Å²) in [7, 11) is 0. The molecule has 0 saturated heterocycles. The van der Waals surface area contributed by atoms with E-state index in [1.807, 2.05) is 0 Å². The van der Waals surface area contributed by atoms with Gasteiger partial charge in [-0.1, -0.05) is 16.8 Å². The van der Waals surface area contributed by atoms with Gasteiger partial charge < -0.3 is 10.3 Å². The van der Waals surface area contributed by atoms with Crippen LogP contribution in [0.1, 0.15) is 0 Å². The molecule has 0 aliphatic carbocycles. The maximum atomic E-state index is 5.95. The molecule has 0 amide bonds. The number of fused-ring (bicyclic) bond motifs is 1. The van der Waals surface area contributed by atoms with Crippen molar-refractivity contribution in [3.05, 3.63) is 21.6 Å². The number of hydrogen-bond acceptors (Lipinski definition) is 3. The molecule has 1 heterocycles. The maximum absolute atomic E-state index is 5.95. The van der Waals surface area contributed by atoms with E-state index in [9.17, 15) is 0 Å². The Kier molecular flexibility index (Phi) is 1.73. The SMILES string of the molecule is Nc1noc2ccc(Br)c(Cl)c12. The van der Waals surface area contributed by atoms with Gasteiger partial charge in [0.15, 0.2) is 11.4 Å². The molecule has 0 saturated carbocycles. The molecule has 0 radical (unpaired) electrons. The highest BCUT2D eigenvalue weighted by molar-refractivity contribution is 9.10. The van der Waals surface area contributed by atoms with E-state index in [0.717, 1.165) is 4.47 Å². The Balaban J connectivity index is 2.96. The van der Waals surface area contributed by atoms with Gasteiger partial charge in [-0.15, -0.1) is 0 Å². The molecular weight excluding hydrogens is 243 g/mol.